The number of rotatable bonds is 5. The lowest BCUT2D eigenvalue weighted by molar-refractivity contribution is 0.0583. The summed E-state index contributed by atoms with van der Waals surface area (Å²) < 4.78 is 35.1. The molecule has 8 nitrogen and oxygen atoms in total. The zero-order chi connectivity index (χ0) is 23.9. The molecule has 1 unspecified atom stereocenters. The molecule has 2 aromatic carbocycles. The number of aromatic nitrogens is 1. The highest BCUT2D eigenvalue weighted by molar-refractivity contribution is 7.91. The minimum absolute atomic E-state index is 0.0665. The van der Waals surface area contributed by atoms with Gasteiger partial charge in [-0.2, -0.15) is 0 Å². The predicted molar refractivity (Wildman–Crippen MR) is 129 cm³/mol. The molecule has 2 saturated heterocycles. The van der Waals surface area contributed by atoms with Gasteiger partial charge >= 0.3 is 0 Å². The van der Waals surface area contributed by atoms with Gasteiger partial charge in [0.25, 0.3) is 5.91 Å². The van der Waals surface area contributed by atoms with E-state index in [1.54, 1.807) is 0 Å². The van der Waals surface area contributed by atoms with Gasteiger partial charge < -0.3 is 14.2 Å². The molecule has 5 rings (SSSR count). The number of hydrogen-bond acceptors (Lipinski definition) is 7. The van der Waals surface area contributed by atoms with Crippen molar-refractivity contribution in [1.29, 1.82) is 0 Å². The highest BCUT2D eigenvalue weighted by atomic mass is 32.2. The summed E-state index contributed by atoms with van der Waals surface area (Å²) in [5.41, 5.74) is 2.19. The van der Waals surface area contributed by atoms with Crippen molar-refractivity contribution >= 4 is 26.5 Å². The van der Waals surface area contributed by atoms with E-state index in [2.05, 4.69) is 10.1 Å². The van der Waals surface area contributed by atoms with Gasteiger partial charge in [0.1, 0.15) is 18.1 Å². The minimum Gasteiger partial charge on any atom is -0.488 e. The van der Waals surface area contributed by atoms with Crippen LogP contribution in [-0.4, -0.2) is 73.0 Å². The van der Waals surface area contributed by atoms with Crippen LogP contribution in [-0.2, 0) is 16.4 Å². The van der Waals surface area contributed by atoms with Gasteiger partial charge in [-0.1, -0.05) is 29.4 Å². The summed E-state index contributed by atoms with van der Waals surface area (Å²) in [6.45, 7) is 6.46. The number of fused-ring (bicyclic) bond motifs is 1. The zero-order valence-electron chi connectivity index (χ0n) is 19.5. The molecule has 0 radical (unpaired) electrons. The Morgan fingerprint density at radius 2 is 1.82 bits per heavy atom. The number of carbonyl (C=O) groups excluding carboxylic acids is 1. The number of ether oxygens (including phenoxy) is 1. The van der Waals surface area contributed by atoms with Crippen molar-refractivity contribution in [2.24, 2.45) is 0 Å². The molecule has 34 heavy (non-hydrogen) atoms. The summed E-state index contributed by atoms with van der Waals surface area (Å²) in [6.07, 6.45) is 0.681. The monoisotopic (exact) mass is 483 g/mol. The second-order valence-electron chi connectivity index (χ2n) is 9.17. The zero-order valence-corrected chi connectivity index (χ0v) is 20.3. The third-order valence-corrected chi connectivity index (χ3v) is 8.71. The molecule has 0 N–H and O–H groups in total. The number of sulfone groups is 1. The fourth-order valence-electron chi connectivity index (χ4n) is 4.89. The molecule has 0 spiro atoms. The molecular weight excluding hydrogens is 454 g/mol. The Morgan fingerprint density at radius 3 is 2.44 bits per heavy atom. The summed E-state index contributed by atoms with van der Waals surface area (Å²) in [7, 11) is -2.93. The number of benzene rings is 2. The molecule has 1 atom stereocenters. The van der Waals surface area contributed by atoms with Gasteiger partial charge in [0.2, 0.25) is 0 Å². The van der Waals surface area contributed by atoms with Crippen LogP contribution in [0.15, 0.2) is 40.9 Å². The first kappa shape index (κ1) is 22.9. The molecule has 180 valence electrons. The molecule has 2 aliphatic heterocycles. The van der Waals surface area contributed by atoms with E-state index in [-0.39, 0.29) is 30.1 Å². The third-order valence-electron chi connectivity index (χ3n) is 6.96. The normalized spacial score (nSPS) is 20.6. The van der Waals surface area contributed by atoms with E-state index in [1.807, 2.05) is 55.1 Å². The summed E-state index contributed by atoms with van der Waals surface area (Å²) >= 11 is 0. The minimum atomic E-state index is -2.93. The van der Waals surface area contributed by atoms with Crippen molar-refractivity contribution in [2.45, 2.75) is 32.9 Å². The van der Waals surface area contributed by atoms with E-state index < -0.39 is 9.84 Å². The lowest BCUT2D eigenvalue weighted by atomic mass is 10.0. The van der Waals surface area contributed by atoms with E-state index in [0.717, 1.165) is 22.0 Å². The lowest BCUT2D eigenvalue weighted by Crippen LogP contribution is -2.52. The van der Waals surface area contributed by atoms with Crippen LogP contribution >= 0.6 is 0 Å². The van der Waals surface area contributed by atoms with E-state index in [0.29, 0.717) is 49.7 Å². The molecule has 2 fully saturated rings. The lowest BCUT2D eigenvalue weighted by Gasteiger charge is -2.37. The topological polar surface area (TPSA) is 93.0 Å². The predicted octanol–water partition coefficient (Wildman–Crippen LogP) is 2.97. The van der Waals surface area contributed by atoms with Gasteiger partial charge in [0, 0.05) is 32.2 Å². The van der Waals surface area contributed by atoms with Crippen molar-refractivity contribution in [3.05, 3.63) is 59.0 Å². The molecule has 0 saturated carbocycles. The fourth-order valence-corrected chi connectivity index (χ4v) is 6.65. The summed E-state index contributed by atoms with van der Waals surface area (Å²) in [6, 6.07) is 11.8. The van der Waals surface area contributed by atoms with Crippen LogP contribution in [0.2, 0.25) is 0 Å². The first-order valence-electron chi connectivity index (χ1n) is 11.6. The van der Waals surface area contributed by atoms with Crippen LogP contribution < -0.4 is 4.74 Å². The highest BCUT2D eigenvalue weighted by Crippen LogP contribution is 2.29. The summed E-state index contributed by atoms with van der Waals surface area (Å²) in [5.74, 6) is 1.66. The first-order chi connectivity index (χ1) is 16.3. The Morgan fingerprint density at radius 1 is 1.12 bits per heavy atom. The van der Waals surface area contributed by atoms with Crippen LogP contribution in [0.1, 0.15) is 33.8 Å². The molecular formula is C25H29N3O5S. The maximum absolute atomic E-state index is 13.6. The van der Waals surface area contributed by atoms with Crippen LogP contribution in [0.5, 0.6) is 5.75 Å². The first-order valence-corrected chi connectivity index (χ1v) is 13.4. The third kappa shape index (κ3) is 4.54. The number of carbonyl (C=O) groups is 1. The maximum atomic E-state index is 13.6. The molecule has 1 amide bonds. The van der Waals surface area contributed by atoms with Crippen molar-refractivity contribution in [1.82, 2.24) is 15.0 Å². The van der Waals surface area contributed by atoms with Gasteiger partial charge in [-0.05, 0) is 43.2 Å². The number of piperazine rings is 1. The smallest absolute Gasteiger partial charge is 0.257 e. The van der Waals surface area contributed by atoms with Crippen LogP contribution in [0, 0.1) is 13.8 Å². The van der Waals surface area contributed by atoms with E-state index in [1.165, 1.54) is 0 Å². The molecule has 2 aliphatic rings. The average molecular weight is 484 g/mol. The Bertz CT molecular complexity index is 1310. The average Bonchev–Trinajstić information content (AvgIpc) is 3.37. The SMILES string of the molecule is Cc1noc(C)c1COc1cc2ccccc2cc1C(=O)N1CCN(C2CCS(=O)(=O)C2)CC1. The van der Waals surface area contributed by atoms with Crippen LogP contribution in [0.3, 0.4) is 0 Å². The largest absolute Gasteiger partial charge is 0.488 e. The van der Waals surface area contributed by atoms with Gasteiger partial charge in [0.15, 0.2) is 9.84 Å². The van der Waals surface area contributed by atoms with E-state index >= 15 is 0 Å². The van der Waals surface area contributed by atoms with Crippen molar-refractivity contribution in [2.75, 3.05) is 37.7 Å². The van der Waals surface area contributed by atoms with E-state index in [4.69, 9.17) is 9.26 Å². The van der Waals surface area contributed by atoms with Crippen LogP contribution in [0.4, 0.5) is 0 Å². The highest BCUT2D eigenvalue weighted by Gasteiger charge is 2.34. The Kier molecular flexibility index (Phi) is 6.07. The number of nitrogens with zero attached hydrogens (tertiary/aromatic N) is 3. The molecule has 1 aromatic heterocycles. The van der Waals surface area contributed by atoms with Gasteiger partial charge in [-0.3, -0.25) is 9.69 Å². The van der Waals surface area contributed by atoms with Gasteiger partial charge in [-0.15, -0.1) is 0 Å². The van der Waals surface area contributed by atoms with Crippen LogP contribution in [0.25, 0.3) is 10.8 Å². The standard InChI is InChI=1S/C25H29N3O5S/c1-17-23(18(2)33-26-17)15-32-24-14-20-6-4-3-5-19(20)13-22(24)25(29)28-10-8-27(9-11-28)21-7-12-34(30,31)16-21/h3-6,13-14,21H,7-12,15-16H2,1-2H3. The Labute approximate surface area is 199 Å². The van der Waals surface area contributed by atoms with Gasteiger partial charge in [0.05, 0.1) is 28.3 Å². The Hall–Kier alpha value is -2.91. The molecule has 0 bridgehead atoms. The molecule has 3 heterocycles. The number of amides is 1. The second-order valence-corrected chi connectivity index (χ2v) is 11.4. The molecule has 9 heteroatoms. The van der Waals surface area contributed by atoms with Crippen molar-refractivity contribution in [3.8, 4) is 5.75 Å². The quantitative estimate of drug-likeness (QED) is 0.551. The second kappa shape index (κ2) is 9.03. The van der Waals surface area contributed by atoms with Gasteiger partial charge in [-0.25, -0.2) is 8.42 Å². The molecule has 0 aliphatic carbocycles. The molecule has 3 aromatic rings. The van der Waals surface area contributed by atoms with Crippen molar-refractivity contribution < 1.29 is 22.5 Å². The summed E-state index contributed by atoms with van der Waals surface area (Å²) in [5, 5.41) is 5.96. The summed E-state index contributed by atoms with van der Waals surface area (Å²) in [4.78, 5) is 17.6. The number of hydrogen-bond donors (Lipinski definition) is 0. The Balaban J connectivity index is 1.35. The number of aryl methyl sites for hydroxylation is 2. The van der Waals surface area contributed by atoms with Crippen molar-refractivity contribution in [3.63, 3.8) is 0 Å². The fraction of sp³-hybridized carbons (Fsp3) is 0.440. The van der Waals surface area contributed by atoms with E-state index in [9.17, 15) is 13.2 Å². The maximum Gasteiger partial charge on any atom is 0.257 e.